The fraction of sp³-hybridized carbons (Fsp3) is 0.269. The predicted molar refractivity (Wildman–Crippen MR) is 140 cm³/mol. The van der Waals surface area contributed by atoms with E-state index < -0.39 is 0 Å². The second kappa shape index (κ2) is 9.36. The molecular formula is C26H25ClN4O3S. The van der Waals surface area contributed by atoms with Gasteiger partial charge in [0.25, 0.3) is 5.91 Å². The summed E-state index contributed by atoms with van der Waals surface area (Å²) in [5.41, 5.74) is 4.22. The first-order valence-corrected chi connectivity index (χ1v) is 12.6. The zero-order chi connectivity index (χ0) is 24.7. The zero-order valence-corrected chi connectivity index (χ0v) is 21.5. The largest absolute Gasteiger partial charge is 0.490 e. The van der Waals surface area contributed by atoms with E-state index in [9.17, 15) is 4.79 Å². The van der Waals surface area contributed by atoms with Gasteiger partial charge in [0.15, 0.2) is 22.2 Å². The summed E-state index contributed by atoms with van der Waals surface area (Å²) < 4.78 is 14.6. The van der Waals surface area contributed by atoms with Gasteiger partial charge in [-0.3, -0.25) is 14.4 Å². The molecule has 180 valence electrons. The standard InChI is InChI=1S/C26H25ClN4O3S/c1-5-33-20-8-6-7-18-14-21(34-24(18)20)25(32)30(11-12-31-16(3)13-15(2)29-31)26-28-23-17(4)19(27)9-10-22(23)35-26/h6-10,13-14H,5,11-12H2,1-4H3. The van der Waals surface area contributed by atoms with Crippen molar-refractivity contribution in [2.24, 2.45) is 0 Å². The van der Waals surface area contributed by atoms with Crippen molar-refractivity contribution in [3.8, 4) is 5.75 Å². The predicted octanol–water partition coefficient (Wildman–Crippen LogP) is 6.56. The molecule has 0 bridgehead atoms. The van der Waals surface area contributed by atoms with Gasteiger partial charge in [-0.05, 0) is 63.6 Å². The van der Waals surface area contributed by atoms with Crippen molar-refractivity contribution in [2.45, 2.75) is 34.2 Å². The van der Waals surface area contributed by atoms with Gasteiger partial charge in [-0.1, -0.05) is 35.1 Å². The highest BCUT2D eigenvalue weighted by atomic mass is 35.5. The van der Waals surface area contributed by atoms with E-state index in [0.29, 0.717) is 41.2 Å². The molecule has 0 saturated heterocycles. The summed E-state index contributed by atoms with van der Waals surface area (Å²) in [5, 5.41) is 6.59. The number of aryl methyl sites for hydroxylation is 3. The molecule has 0 aliphatic rings. The lowest BCUT2D eigenvalue weighted by molar-refractivity contribution is 0.0961. The third kappa shape index (κ3) is 4.39. The van der Waals surface area contributed by atoms with Crippen LogP contribution >= 0.6 is 22.9 Å². The Hall–Kier alpha value is -3.36. The van der Waals surface area contributed by atoms with Gasteiger partial charge in [0.05, 0.1) is 29.1 Å². The average molecular weight is 509 g/mol. The van der Waals surface area contributed by atoms with Crippen molar-refractivity contribution in [3.63, 3.8) is 0 Å². The van der Waals surface area contributed by atoms with Crippen molar-refractivity contribution in [1.29, 1.82) is 0 Å². The Morgan fingerprint density at radius 1 is 1.20 bits per heavy atom. The molecule has 0 aliphatic heterocycles. The second-order valence-corrected chi connectivity index (χ2v) is 9.76. The molecule has 3 heterocycles. The van der Waals surface area contributed by atoms with E-state index in [1.807, 2.05) is 68.8 Å². The normalized spacial score (nSPS) is 11.5. The number of thiazole rings is 1. The van der Waals surface area contributed by atoms with Crippen molar-refractivity contribution in [2.75, 3.05) is 18.1 Å². The lowest BCUT2D eigenvalue weighted by Crippen LogP contribution is -2.34. The molecule has 7 nitrogen and oxygen atoms in total. The summed E-state index contributed by atoms with van der Waals surface area (Å²) in [7, 11) is 0. The summed E-state index contributed by atoms with van der Waals surface area (Å²) in [6, 6.07) is 13.2. The van der Waals surface area contributed by atoms with Crippen molar-refractivity contribution in [1.82, 2.24) is 14.8 Å². The topological polar surface area (TPSA) is 73.4 Å². The van der Waals surface area contributed by atoms with Gasteiger partial charge in [0.2, 0.25) is 0 Å². The van der Waals surface area contributed by atoms with E-state index in [0.717, 1.165) is 32.6 Å². The number of halogens is 1. The van der Waals surface area contributed by atoms with E-state index in [1.165, 1.54) is 11.3 Å². The highest BCUT2D eigenvalue weighted by molar-refractivity contribution is 7.22. The number of amides is 1. The van der Waals surface area contributed by atoms with Crippen LogP contribution in [-0.4, -0.2) is 33.8 Å². The van der Waals surface area contributed by atoms with Crippen LogP contribution < -0.4 is 9.64 Å². The summed E-state index contributed by atoms with van der Waals surface area (Å²) >= 11 is 7.78. The Balaban J connectivity index is 1.56. The average Bonchev–Trinajstić information content (AvgIpc) is 3.54. The van der Waals surface area contributed by atoms with Gasteiger partial charge in [-0.25, -0.2) is 4.98 Å². The van der Waals surface area contributed by atoms with Crippen molar-refractivity contribution in [3.05, 3.63) is 70.2 Å². The quantitative estimate of drug-likeness (QED) is 0.249. The van der Waals surface area contributed by atoms with Crippen LogP contribution in [0.5, 0.6) is 5.75 Å². The lowest BCUT2D eigenvalue weighted by Gasteiger charge is -2.19. The number of aromatic nitrogens is 3. The number of ether oxygens (including phenoxy) is 1. The van der Waals surface area contributed by atoms with Crippen LogP contribution in [0.25, 0.3) is 21.2 Å². The molecule has 2 aromatic carbocycles. The van der Waals surface area contributed by atoms with Gasteiger partial charge < -0.3 is 9.15 Å². The van der Waals surface area contributed by atoms with Crippen LogP contribution in [0.2, 0.25) is 5.02 Å². The molecule has 0 fully saturated rings. The fourth-order valence-electron chi connectivity index (χ4n) is 4.13. The molecule has 1 amide bonds. The van der Waals surface area contributed by atoms with Crippen LogP contribution in [0.3, 0.4) is 0 Å². The molecule has 35 heavy (non-hydrogen) atoms. The van der Waals surface area contributed by atoms with E-state index in [1.54, 1.807) is 11.0 Å². The first-order chi connectivity index (χ1) is 16.9. The molecule has 0 radical (unpaired) electrons. The van der Waals surface area contributed by atoms with Crippen LogP contribution in [0, 0.1) is 20.8 Å². The molecule has 5 rings (SSSR count). The number of carbonyl (C=O) groups is 1. The Morgan fingerprint density at radius 2 is 2.03 bits per heavy atom. The number of fused-ring (bicyclic) bond motifs is 2. The Labute approximate surface area is 211 Å². The molecule has 0 N–H and O–H groups in total. The number of nitrogens with zero attached hydrogens (tertiary/aromatic N) is 4. The number of hydrogen-bond acceptors (Lipinski definition) is 6. The third-order valence-corrected chi connectivity index (χ3v) is 7.32. The number of anilines is 1. The molecule has 0 aliphatic carbocycles. The van der Waals surface area contributed by atoms with Crippen molar-refractivity contribution >= 4 is 55.2 Å². The molecule has 3 aromatic heterocycles. The summed E-state index contributed by atoms with van der Waals surface area (Å²) in [6.07, 6.45) is 0. The Morgan fingerprint density at radius 3 is 2.77 bits per heavy atom. The number of furan rings is 1. The number of hydrogen-bond donors (Lipinski definition) is 0. The van der Waals surface area contributed by atoms with E-state index in [2.05, 4.69) is 5.10 Å². The molecule has 0 atom stereocenters. The summed E-state index contributed by atoms with van der Waals surface area (Å²) in [5.74, 6) is 0.575. The number of para-hydroxylation sites is 1. The third-order valence-electron chi connectivity index (χ3n) is 5.87. The van der Waals surface area contributed by atoms with Crippen LogP contribution in [0.1, 0.15) is 34.4 Å². The van der Waals surface area contributed by atoms with Crippen LogP contribution in [-0.2, 0) is 6.54 Å². The summed E-state index contributed by atoms with van der Waals surface area (Å²) in [6.45, 7) is 9.21. The minimum Gasteiger partial charge on any atom is -0.490 e. The Kier molecular flexibility index (Phi) is 6.25. The first kappa shape index (κ1) is 23.4. The lowest BCUT2D eigenvalue weighted by atomic mass is 10.2. The minimum absolute atomic E-state index is 0.231. The van der Waals surface area contributed by atoms with E-state index in [4.69, 9.17) is 25.7 Å². The van der Waals surface area contributed by atoms with Gasteiger partial charge in [-0.2, -0.15) is 5.10 Å². The SMILES string of the molecule is CCOc1cccc2cc(C(=O)N(CCn3nc(C)cc3C)c3nc4c(C)c(Cl)ccc4s3)oc12. The van der Waals surface area contributed by atoms with Gasteiger partial charge in [0.1, 0.15) is 0 Å². The second-order valence-electron chi connectivity index (χ2n) is 8.34. The smallest absolute Gasteiger partial charge is 0.295 e. The molecule has 0 saturated carbocycles. The number of carbonyl (C=O) groups excluding carboxylic acids is 1. The summed E-state index contributed by atoms with van der Waals surface area (Å²) in [4.78, 5) is 20.3. The molecule has 9 heteroatoms. The van der Waals surface area contributed by atoms with Gasteiger partial charge >= 0.3 is 0 Å². The maximum atomic E-state index is 13.8. The molecule has 0 spiro atoms. The maximum absolute atomic E-state index is 13.8. The minimum atomic E-state index is -0.270. The van der Waals surface area contributed by atoms with Crippen molar-refractivity contribution < 1.29 is 13.9 Å². The molecule has 0 unspecified atom stereocenters. The maximum Gasteiger partial charge on any atom is 0.295 e. The highest BCUT2D eigenvalue weighted by Crippen LogP contribution is 2.35. The van der Waals surface area contributed by atoms with Crippen LogP contribution in [0.15, 0.2) is 46.9 Å². The first-order valence-electron chi connectivity index (χ1n) is 11.4. The van der Waals surface area contributed by atoms with Gasteiger partial charge in [-0.15, -0.1) is 0 Å². The highest BCUT2D eigenvalue weighted by Gasteiger charge is 2.26. The number of benzene rings is 2. The van der Waals surface area contributed by atoms with Crippen LogP contribution in [0.4, 0.5) is 5.13 Å². The number of rotatable bonds is 7. The van der Waals surface area contributed by atoms with Gasteiger partial charge in [0, 0.05) is 22.6 Å². The Bertz CT molecular complexity index is 1550. The monoisotopic (exact) mass is 508 g/mol. The van der Waals surface area contributed by atoms with E-state index >= 15 is 0 Å². The molecule has 5 aromatic rings. The van der Waals surface area contributed by atoms with E-state index in [-0.39, 0.29) is 11.7 Å². The fourth-order valence-corrected chi connectivity index (χ4v) is 5.33. The zero-order valence-electron chi connectivity index (χ0n) is 20.0. The molecular weight excluding hydrogens is 484 g/mol.